The second kappa shape index (κ2) is 3.98. The Bertz CT molecular complexity index is 82.1. The second-order valence-corrected chi connectivity index (χ2v) is 2.06. The summed E-state index contributed by atoms with van der Waals surface area (Å²) >= 11 is 10.1. The quantitative estimate of drug-likeness (QED) is 0.443. The number of carbonyl (C=O) groups is 1. The van der Waals surface area contributed by atoms with Crippen molar-refractivity contribution in [2.24, 2.45) is 0 Å². The molecule has 0 amide bonds. The summed E-state index contributed by atoms with van der Waals surface area (Å²) < 4.78 is 4.29. The fourth-order valence-electron chi connectivity index (χ4n) is 0.164. The third-order valence-corrected chi connectivity index (χ3v) is 0.779. The number of carbonyl (C=O) groups excluding carboxylic acids is 1. The molecule has 0 fully saturated rings. The summed E-state index contributed by atoms with van der Waals surface area (Å²) in [4.78, 5) is 9.13. The number of esters is 1. The van der Waals surface area contributed by atoms with Gasteiger partial charge in [0.15, 0.2) is 0 Å². The van der Waals surface area contributed by atoms with Gasteiger partial charge in [-0.05, 0) is 6.92 Å². The molecule has 0 spiro atoms. The average molecular weight is 156 g/mol. The largest absolute Gasteiger partial charge is 0.464 e. The van der Waals surface area contributed by atoms with E-state index in [1.165, 1.54) is 0 Å². The highest BCUT2D eigenvalue weighted by Crippen LogP contribution is 2.02. The van der Waals surface area contributed by atoms with Crippen molar-refractivity contribution in [2.75, 3.05) is 6.61 Å². The van der Waals surface area contributed by atoms with E-state index in [2.05, 4.69) is 11.7 Å². The van der Waals surface area contributed by atoms with Crippen LogP contribution in [0.15, 0.2) is 0 Å². The van der Waals surface area contributed by atoms with E-state index in [4.69, 9.17) is 23.2 Å². The summed E-state index contributed by atoms with van der Waals surface area (Å²) in [6.45, 7) is 3.31. The number of hydrogen-bond donors (Lipinski definition) is 0. The van der Waals surface area contributed by atoms with E-state index in [-0.39, 0.29) is 6.61 Å². The fourth-order valence-corrected chi connectivity index (χ4v) is 0.290. The van der Waals surface area contributed by atoms with Gasteiger partial charge in [-0.25, -0.2) is 4.79 Å². The van der Waals surface area contributed by atoms with Crippen molar-refractivity contribution in [2.45, 2.75) is 4.84 Å². The fraction of sp³-hybridized carbons (Fsp3) is 0.500. The molecule has 2 nitrogen and oxygen atoms in total. The normalized spacial score (nSPS) is 9.50. The highest BCUT2D eigenvalue weighted by atomic mass is 35.5. The Labute approximate surface area is 57.7 Å². The highest BCUT2D eigenvalue weighted by Gasteiger charge is 2.10. The van der Waals surface area contributed by atoms with Gasteiger partial charge < -0.3 is 4.74 Å². The van der Waals surface area contributed by atoms with Gasteiger partial charge in [-0.3, -0.25) is 0 Å². The third-order valence-electron chi connectivity index (χ3n) is 0.422. The molecule has 0 saturated heterocycles. The Morgan fingerprint density at radius 2 is 2.25 bits per heavy atom. The number of alkyl halides is 2. The molecule has 1 radical (unpaired) electrons. The summed E-state index contributed by atoms with van der Waals surface area (Å²) in [6, 6.07) is 0. The maximum Gasteiger partial charge on any atom is 0.339 e. The third kappa shape index (κ3) is 3.10. The van der Waals surface area contributed by atoms with Crippen molar-refractivity contribution in [3.8, 4) is 0 Å². The first-order chi connectivity index (χ1) is 3.68. The van der Waals surface area contributed by atoms with Gasteiger partial charge in [-0.2, -0.15) is 0 Å². The first-order valence-corrected chi connectivity index (χ1v) is 2.79. The predicted octanol–water partition coefficient (Wildman–Crippen LogP) is 1.17. The zero-order valence-electron chi connectivity index (χ0n) is 4.06. The molecule has 8 heavy (non-hydrogen) atoms. The summed E-state index contributed by atoms with van der Waals surface area (Å²) in [5.41, 5.74) is 0. The molecule has 4 heteroatoms. The molecule has 0 aliphatic rings. The molecule has 0 heterocycles. The molecular formula is C4H5Cl2O2. The molecular weight excluding hydrogens is 151 g/mol. The molecule has 0 unspecified atom stereocenters. The minimum Gasteiger partial charge on any atom is -0.464 e. The molecule has 0 atom stereocenters. The van der Waals surface area contributed by atoms with E-state index in [1.54, 1.807) is 0 Å². The Hall–Kier alpha value is 0.0500. The second-order valence-electron chi connectivity index (χ2n) is 0.968. The summed E-state index contributed by atoms with van der Waals surface area (Å²) in [5, 5.41) is 0. The van der Waals surface area contributed by atoms with Crippen LogP contribution in [0.2, 0.25) is 0 Å². The average Bonchev–Trinajstić information content (AvgIpc) is 1.67. The van der Waals surface area contributed by atoms with Crippen LogP contribution in [0.1, 0.15) is 0 Å². The molecule has 0 aromatic carbocycles. The van der Waals surface area contributed by atoms with Crippen LogP contribution in [0.3, 0.4) is 0 Å². The first kappa shape index (κ1) is 8.05. The van der Waals surface area contributed by atoms with Gasteiger partial charge in [0.1, 0.15) is 0 Å². The monoisotopic (exact) mass is 155 g/mol. The standard InChI is InChI=1S/C4H5Cl2O2/c1-2-8-4(7)3(5)6/h3H,1-2H2. The van der Waals surface area contributed by atoms with Gasteiger partial charge in [-0.15, -0.1) is 0 Å². The number of ether oxygens (including phenoxy) is 1. The summed E-state index contributed by atoms with van der Waals surface area (Å²) in [7, 11) is 0. The van der Waals surface area contributed by atoms with Gasteiger partial charge >= 0.3 is 5.97 Å². The minimum atomic E-state index is -1.09. The van der Waals surface area contributed by atoms with Crippen LogP contribution in [0.5, 0.6) is 0 Å². The zero-order chi connectivity index (χ0) is 6.57. The van der Waals surface area contributed by atoms with E-state index in [1.807, 2.05) is 0 Å². The molecule has 0 saturated carbocycles. The van der Waals surface area contributed by atoms with Gasteiger partial charge in [0.2, 0.25) is 4.84 Å². The van der Waals surface area contributed by atoms with Gasteiger partial charge in [-0.1, -0.05) is 23.2 Å². The predicted molar refractivity (Wildman–Crippen MR) is 31.8 cm³/mol. The Balaban J connectivity index is 3.33. The Morgan fingerprint density at radius 1 is 1.75 bits per heavy atom. The van der Waals surface area contributed by atoms with Gasteiger partial charge in [0.25, 0.3) is 0 Å². The lowest BCUT2D eigenvalue weighted by atomic mass is 10.7. The zero-order valence-corrected chi connectivity index (χ0v) is 5.58. The van der Waals surface area contributed by atoms with Gasteiger partial charge in [0, 0.05) is 0 Å². The lowest BCUT2D eigenvalue weighted by Gasteiger charge is -1.98. The van der Waals surface area contributed by atoms with Crippen LogP contribution >= 0.6 is 23.2 Å². The van der Waals surface area contributed by atoms with E-state index in [0.717, 1.165) is 0 Å². The molecule has 0 aliphatic carbocycles. The van der Waals surface area contributed by atoms with Crippen molar-refractivity contribution in [3.05, 3.63) is 6.92 Å². The van der Waals surface area contributed by atoms with Crippen molar-refractivity contribution < 1.29 is 9.53 Å². The number of halogens is 2. The van der Waals surface area contributed by atoms with E-state index in [0.29, 0.717) is 0 Å². The molecule has 47 valence electrons. The van der Waals surface area contributed by atoms with E-state index < -0.39 is 10.8 Å². The maximum absolute atomic E-state index is 10.2. The molecule has 0 rings (SSSR count). The SMILES string of the molecule is [CH2]COC(=O)C(Cl)Cl. The van der Waals surface area contributed by atoms with Crippen LogP contribution in [-0.4, -0.2) is 17.4 Å². The summed E-state index contributed by atoms with van der Waals surface area (Å²) in [5.74, 6) is -0.650. The van der Waals surface area contributed by atoms with E-state index in [9.17, 15) is 4.79 Å². The number of hydrogen-bond acceptors (Lipinski definition) is 2. The van der Waals surface area contributed by atoms with Gasteiger partial charge in [0.05, 0.1) is 6.61 Å². The molecule has 0 aromatic rings. The van der Waals surface area contributed by atoms with Crippen LogP contribution in [0.4, 0.5) is 0 Å². The lowest BCUT2D eigenvalue weighted by Crippen LogP contribution is -2.11. The highest BCUT2D eigenvalue weighted by molar-refractivity contribution is 6.52. The van der Waals surface area contributed by atoms with Crippen molar-refractivity contribution >= 4 is 29.2 Å². The van der Waals surface area contributed by atoms with Crippen molar-refractivity contribution in [1.82, 2.24) is 0 Å². The van der Waals surface area contributed by atoms with Crippen LogP contribution in [-0.2, 0) is 9.53 Å². The number of rotatable bonds is 2. The minimum absolute atomic E-state index is 0.0643. The van der Waals surface area contributed by atoms with Crippen LogP contribution in [0.25, 0.3) is 0 Å². The molecule has 0 aromatic heterocycles. The Morgan fingerprint density at radius 3 is 2.38 bits per heavy atom. The van der Waals surface area contributed by atoms with Crippen molar-refractivity contribution in [3.63, 3.8) is 0 Å². The van der Waals surface area contributed by atoms with E-state index >= 15 is 0 Å². The van der Waals surface area contributed by atoms with Crippen LogP contribution in [0, 0.1) is 6.92 Å². The molecule has 0 N–H and O–H groups in total. The molecule has 0 aliphatic heterocycles. The van der Waals surface area contributed by atoms with Crippen LogP contribution < -0.4 is 0 Å². The topological polar surface area (TPSA) is 26.3 Å². The molecule has 0 bridgehead atoms. The maximum atomic E-state index is 10.2. The van der Waals surface area contributed by atoms with Crippen molar-refractivity contribution in [1.29, 1.82) is 0 Å². The Kier molecular flexibility index (Phi) is 4.01. The summed E-state index contributed by atoms with van der Waals surface area (Å²) in [6.07, 6.45) is 0. The first-order valence-electron chi connectivity index (χ1n) is 1.92. The lowest BCUT2D eigenvalue weighted by molar-refractivity contribution is -0.140. The smallest absolute Gasteiger partial charge is 0.339 e.